The van der Waals surface area contributed by atoms with Crippen LogP contribution in [0.1, 0.15) is 6.92 Å². The van der Waals surface area contributed by atoms with Gasteiger partial charge in [-0.25, -0.2) is 0 Å². The molecule has 0 N–H and O–H groups in total. The summed E-state index contributed by atoms with van der Waals surface area (Å²) in [4.78, 5) is 0. The molecule has 0 nitrogen and oxygen atoms in total. The van der Waals surface area contributed by atoms with Gasteiger partial charge in [0.1, 0.15) is 0 Å². The van der Waals surface area contributed by atoms with Crippen LogP contribution < -0.4 is 0 Å². The van der Waals surface area contributed by atoms with Crippen molar-refractivity contribution in [3.8, 4) is 0 Å². The van der Waals surface area contributed by atoms with Crippen LogP contribution in [0.25, 0.3) is 0 Å². The third-order valence-electron chi connectivity index (χ3n) is 0.803. The van der Waals surface area contributed by atoms with Crippen molar-refractivity contribution in [1.82, 2.24) is 0 Å². The summed E-state index contributed by atoms with van der Waals surface area (Å²) in [5, 5.41) is 0. The Hall–Kier alpha value is 0.370. The summed E-state index contributed by atoms with van der Waals surface area (Å²) in [7, 11) is 0. The van der Waals surface area contributed by atoms with Crippen LogP contribution in [0.2, 0.25) is 0 Å². The fraction of sp³-hybridized carbons (Fsp3) is 0.167. The molecule has 0 aliphatic carbocycles. The van der Waals surface area contributed by atoms with Crippen molar-refractivity contribution in [1.29, 1.82) is 0 Å². The summed E-state index contributed by atoms with van der Waals surface area (Å²) in [5.41, 5.74) is 1.35. The van der Waals surface area contributed by atoms with Gasteiger partial charge in [0, 0.05) is 0 Å². The number of allylic oxidation sites excluding steroid dienone is 3. The van der Waals surface area contributed by atoms with E-state index in [1.807, 2.05) is 12.2 Å². The Labute approximate surface area is 64.0 Å². The van der Waals surface area contributed by atoms with Gasteiger partial charge in [0.15, 0.2) is 0 Å². The van der Waals surface area contributed by atoms with Gasteiger partial charge in [-0.1, -0.05) is 38.4 Å². The van der Waals surface area contributed by atoms with E-state index < -0.39 is 0 Å². The second kappa shape index (κ2) is 2.78. The van der Waals surface area contributed by atoms with E-state index in [4.69, 9.17) is 11.6 Å². The normalized spacial score (nSPS) is 18.8. The largest absolute Gasteiger partial charge is 0.0776 e. The van der Waals surface area contributed by atoms with Crippen LogP contribution in [0.15, 0.2) is 21.8 Å². The van der Waals surface area contributed by atoms with E-state index in [-0.39, 0.29) is 20.7 Å². The minimum absolute atomic E-state index is 0.0450. The van der Waals surface area contributed by atoms with Crippen LogP contribution in [-0.2, 0) is 0 Å². The molecule has 0 fully saturated rings. The van der Waals surface area contributed by atoms with Crippen molar-refractivity contribution >= 4 is 35.3 Å². The lowest BCUT2D eigenvalue weighted by Gasteiger charge is -1.93. The van der Waals surface area contributed by atoms with E-state index in [9.17, 15) is 0 Å². The molecule has 1 aliphatic heterocycles. The SMILES string of the molecule is CC1=CI=C(Cl)C=C1. The van der Waals surface area contributed by atoms with Crippen LogP contribution in [-0.4, -0.2) is 2.97 Å². The van der Waals surface area contributed by atoms with Crippen molar-refractivity contribution < 1.29 is 0 Å². The Kier molecular flexibility index (Phi) is 2.26. The molecule has 1 heterocycles. The molecule has 0 aromatic rings. The first kappa shape index (κ1) is 6.49. The molecule has 0 spiro atoms. The molecular formula is C6H6ClI. The molecular weight excluding hydrogens is 234 g/mol. The monoisotopic (exact) mass is 240 g/mol. The van der Waals surface area contributed by atoms with Crippen LogP contribution in [0.4, 0.5) is 0 Å². The fourth-order valence-electron chi connectivity index (χ4n) is 0.405. The van der Waals surface area contributed by atoms with E-state index in [1.54, 1.807) is 0 Å². The van der Waals surface area contributed by atoms with Gasteiger partial charge in [-0.2, -0.15) is 0 Å². The molecule has 2 heteroatoms. The van der Waals surface area contributed by atoms with E-state index in [0.717, 1.165) is 2.97 Å². The minimum atomic E-state index is 0.0450. The standard InChI is InChI=1S/C6H6ClI/c1-5-2-3-6(7)8-4-5/h2-4H,1H3. The number of halogens is 2. The summed E-state index contributed by atoms with van der Waals surface area (Å²) >= 11 is 5.76. The molecule has 1 aliphatic rings. The van der Waals surface area contributed by atoms with Crippen molar-refractivity contribution in [2.75, 3.05) is 0 Å². The Morgan fingerprint density at radius 2 is 2.25 bits per heavy atom. The van der Waals surface area contributed by atoms with Crippen LogP contribution in [0.3, 0.4) is 0 Å². The average molecular weight is 240 g/mol. The van der Waals surface area contributed by atoms with Crippen LogP contribution in [0, 0.1) is 0 Å². The highest BCUT2D eigenvalue weighted by Crippen LogP contribution is 2.16. The van der Waals surface area contributed by atoms with Gasteiger partial charge in [0.25, 0.3) is 0 Å². The number of hydrogen-bond donors (Lipinski definition) is 0. The topological polar surface area (TPSA) is 0 Å². The smallest absolute Gasteiger partial charge is 0.0735 e. The molecule has 0 atom stereocenters. The second-order valence-corrected chi connectivity index (χ2v) is 5.04. The van der Waals surface area contributed by atoms with Crippen molar-refractivity contribution in [3.63, 3.8) is 0 Å². The van der Waals surface area contributed by atoms with Crippen molar-refractivity contribution in [2.45, 2.75) is 6.92 Å². The van der Waals surface area contributed by atoms with Crippen LogP contribution in [0.5, 0.6) is 0 Å². The summed E-state index contributed by atoms with van der Waals surface area (Å²) in [6.07, 6.45) is 4.04. The van der Waals surface area contributed by atoms with Crippen molar-refractivity contribution in [2.24, 2.45) is 0 Å². The maximum absolute atomic E-state index is 5.72. The lowest BCUT2D eigenvalue weighted by Crippen LogP contribution is -1.77. The number of rotatable bonds is 0. The van der Waals surface area contributed by atoms with Crippen molar-refractivity contribution in [3.05, 3.63) is 21.8 Å². The molecule has 0 radical (unpaired) electrons. The molecule has 0 amide bonds. The predicted octanol–water partition coefficient (Wildman–Crippen LogP) is 2.80. The van der Waals surface area contributed by atoms with Crippen LogP contribution >= 0.6 is 32.3 Å². The van der Waals surface area contributed by atoms with E-state index in [0.29, 0.717) is 0 Å². The highest BCUT2D eigenvalue weighted by atomic mass is 127. The first-order valence-corrected chi connectivity index (χ1v) is 5.00. The Morgan fingerprint density at radius 3 is 2.62 bits per heavy atom. The summed E-state index contributed by atoms with van der Waals surface area (Å²) < 4.78 is 3.26. The summed E-state index contributed by atoms with van der Waals surface area (Å²) in [5.74, 6) is 0. The van der Waals surface area contributed by atoms with Gasteiger partial charge in [0.2, 0.25) is 0 Å². The predicted molar refractivity (Wildman–Crippen MR) is 47.8 cm³/mol. The third kappa shape index (κ3) is 1.71. The molecule has 0 saturated heterocycles. The van der Waals surface area contributed by atoms with E-state index in [1.165, 1.54) is 5.57 Å². The molecule has 0 unspecified atom stereocenters. The third-order valence-corrected chi connectivity index (χ3v) is 3.73. The molecule has 1 rings (SSSR count). The quantitative estimate of drug-likeness (QED) is 0.571. The lowest BCUT2D eigenvalue weighted by molar-refractivity contribution is 1.57. The Morgan fingerprint density at radius 1 is 1.50 bits per heavy atom. The molecule has 0 aromatic carbocycles. The highest BCUT2D eigenvalue weighted by molar-refractivity contribution is 14.2. The van der Waals surface area contributed by atoms with Gasteiger partial charge >= 0.3 is 0 Å². The molecule has 0 saturated carbocycles. The molecule has 0 bridgehead atoms. The zero-order valence-electron chi connectivity index (χ0n) is 4.49. The zero-order chi connectivity index (χ0) is 5.98. The summed E-state index contributed by atoms with van der Waals surface area (Å²) in [6, 6.07) is 0. The first-order valence-electron chi connectivity index (χ1n) is 2.30. The van der Waals surface area contributed by atoms with Gasteiger partial charge in [0.05, 0.1) is 2.97 Å². The second-order valence-electron chi connectivity index (χ2n) is 1.59. The minimum Gasteiger partial charge on any atom is -0.0776 e. The molecule has 0 aromatic heterocycles. The van der Waals surface area contributed by atoms with Gasteiger partial charge in [-0.15, -0.1) is 0 Å². The van der Waals surface area contributed by atoms with E-state index in [2.05, 4.69) is 11.0 Å². The first-order chi connectivity index (χ1) is 3.79. The average Bonchev–Trinajstić information content (AvgIpc) is 1.77. The lowest BCUT2D eigenvalue weighted by atomic mass is 10.3. The van der Waals surface area contributed by atoms with E-state index >= 15 is 0 Å². The maximum atomic E-state index is 5.72. The number of hydrogen-bond acceptors (Lipinski definition) is 0. The zero-order valence-corrected chi connectivity index (χ0v) is 7.40. The summed E-state index contributed by atoms with van der Waals surface area (Å²) in [6.45, 7) is 2.10. The van der Waals surface area contributed by atoms with Gasteiger partial charge < -0.3 is 0 Å². The Bertz CT molecular complexity index is 157. The molecule has 44 valence electrons. The maximum Gasteiger partial charge on any atom is 0.0735 e. The van der Waals surface area contributed by atoms with Gasteiger partial charge in [-0.05, 0) is 22.7 Å². The molecule has 8 heavy (non-hydrogen) atoms. The Balaban J connectivity index is 2.86. The fourth-order valence-corrected chi connectivity index (χ4v) is 2.13. The van der Waals surface area contributed by atoms with Gasteiger partial charge in [-0.3, -0.25) is 0 Å². The highest BCUT2D eigenvalue weighted by Gasteiger charge is 1.89.